The molecule has 2 bridgehead atoms. The summed E-state index contributed by atoms with van der Waals surface area (Å²) in [6.45, 7) is 13.3. The van der Waals surface area contributed by atoms with Gasteiger partial charge in [0.1, 0.15) is 6.10 Å². The van der Waals surface area contributed by atoms with Gasteiger partial charge in [0, 0.05) is 5.57 Å². The molecule has 3 nitrogen and oxygen atoms in total. The highest BCUT2D eigenvalue weighted by atomic mass is 28.4. The van der Waals surface area contributed by atoms with Gasteiger partial charge in [0.25, 0.3) is 0 Å². The summed E-state index contributed by atoms with van der Waals surface area (Å²) in [6.07, 6.45) is 6.69. The molecule has 0 aromatic carbocycles. The number of rotatable bonds is 3. The van der Waals surface area contributed by atoms with Crippen molar-refractivity contribution in [3.05, 3.63) is 11.6 Å². The second kappa shape index (κ2) is 4.94. The molecule has 2 aliphatic carbocycles. The summed E-state index contributed by atoms with van der Waals surface area (Å²) in [6, 6.07) is 0. The van der Waals surface area contributed by atoms with E-state index in [2.05, 4.69) is 33.9 Å². The number of hydrogen-bond donors (Lipinski definition) is 0. The van der Waals surface area contributed by atoms with E-state index in [1.807, 2.05) is 13.0 Å². The first-order valence-electron chi connectivity index (χ1n) is 8.65. The Hall–Kier alpha value is -0.613. The van der Waals surface area contributed by atoms with Crippen LogP contribution in [0, 0.1) is 11.8 Å². The normalized spacial score (nSPS) is 38.4. The molecule has 4 atom stereocenters. The van der Waals surface area contributed by atoms with Crippen LogP contribution in [0.1, 0.15) is 53.4 Å². The Bertz CT molecular complexity index is 517. The lowest BCUT2D eigenvalue weighted by Crippen LogP contribution is -2.57. The van der Waals surface area contributed by atoms with Gasteiger partial charge in [-0.15, -0.1) is 0 Å². The smallest absolute Gasteiger partial charge is 0.334 e. The van der Waals surface area contributed by atoms with Crippen molar-refractivity contribution in [2.24, 2.45) is 11.8 Å². The Kier molecular flexibility index (Phi) is 3.65. The molecule has 4 heteroatoms. The monoisotopic (exact) mass is 322 g/mol. The summed E-state index contributed by atoms with van der Waals surface area (Å²) >= 11 is 0. The first-order valence-corrected chi connectivity index (χ1v) is 11.6. The van der Waals surface area contributed by atoms with Crippen LogP contribution in [0.25, 0.3) is 0 Å². The lowest BCUT2D eigenvalue weighted by molar-refractivity contribution is -0.154. The van der Waals surface area contributed by atoms with Crippen LogP contribution >= 0.6 is 0 Å². The summed E-state index contributed by atoms with van der Waals surface area (Å²) in [5, 5.41) is 0.170. The molecule has 0 N–H and O–H groups in total. The molecule has 0 radical (unpaired) electrons. The van der Waals surface area contributed by atoms with Crippen LogP contribution in [0.5, 0.6) is 0 Å². The molecule has 1 heterocycles. The third-order valence-corrected chi connectivity index (χ3v) is 11.0. The average molecular weight is 323 g/mol. The molecule has 1 aliphatic heterocycles. The molecule has 0 amide bonds. The van der Waals surface area contributed by atoms with Crippen LogP contribution in [0.2, 0.25) is 18.1 Å². The molecule has 0 spiro atoms. The van der Waals surface area contributed by atoms with Crippen molar-refractivity contribution in [3.8, 4) is 0 Å². The maximum Gasteiger partial charge on any atom is 0.334 e. The van der Waals surface area contributed by atoms with Crippen molar-refractivity contribution < 1.29 is 14.0 Å². The van der Waals surface area contributed by atoms with Gasteiger partial charge in [-0.3, -0.25) is 0 Å². The van der Waals surface area contributed by atoms with E-state index in [0.29, 0.717) is 5.92 Å². The van der Waals surface area contributed by atoms with Gasteiger partial charge < -0.3 is 9.16 Å². The Labute approximate surface area is 135 Å². The summed E-state index contributed by atoms with van der Waals surface area (Å²) in [7, 11) is -1.91. The van der Waals surface area contributed by atoms with Gasteiger partial charge >= 0.3 is 5.97 Å². The molecule has 0 saturated heterocycles. The second-order valence-corrected chi connectivity index (χ2v) is 13.8. The van der Waals surface area contributed by atoms with E-state index in [1.54, 1.807) is 0 Å². The van der Waals surface area contributed by atoms with Crippen LogP contribution in [0.4, 0.5) is 0 Å². The minimum atomic E-state index is -1.91. The maximum atomic E-state index is 11.9. The molecule has 2 saturated carbocycles. The van der Waals surface area contributed by atoms with Gasteiger partial charge in [0.05, 0.1) is 5.60 Å². The second-order valence-electron chi connectivity index (χ2n) is 9.07. The fourth-order valence-electron chi connectivity index (χ4n) is 4.26. The van der Waals surface area contributed by atoms with Crippen LogP contribution in [0.3, 0.4) is 0 Å². The van der Waals surface area contributed by atoms with E-state index in [0.717, 1.165) is 17.9 Å². The van der Waals surface area contributed by atoms with Crippen LogP contribution in [0.15, 0.2) is 11.6 Å². The van der Waals surface area contributed by atoms with Gasteiger partial charge in [0.15, 0.2) is 8.32 Å². The van der Waals surface area contributed by atoms with Crippen molar-refractivity contribution >= 4 is 14.3 Å². The maximum absolute atomic E-state index is 11.9. The third kappa shape index (κ3) is 2.39. The molecule has 0 aromatic rings. The number of hydrogen-bond acceptors (Lipinski definition) is 3. The van der Waals surface area contributed by atoms with E-state index < -0.39 is 8.32 Å². The Morgan fingerprint density at radius 1 is 1.32 bits per heavy atom. The number of carbonyl (C=O) groups excluding carboxylic acids is 1. The highest BCUT2D eigenvalue weighted by molar-refractivity contribution is 6.74. The summed E-state index contributed by atoms with van der Waals surface area (Å²) in [5.74, 6) is 1.14. The van der Waals surface area contributed by atoms with Gasteiger partial charge in [-0.1, -0.05) is 20.8 Å². The molecular formula is C18H30O3Si. The van der Waals surface area contributed by atoms with Crippen molar-refractivity contribution in [1.29, 1.82) is 0 Å². The average Bonchev–Trinajstić information content (AvgIpc) is 3.04. The van der Waals surface area contributed by atoms with E-state index in [9.17, 15) is 4.79 Å². The first kappa shape index (κ1) is 16.3. The third-order valence-electron chi connectivity index (χ3n) is 6.53. The topological polar surface area (TPSA) is 35.5 Å². The van der Waals surface area contributed by atoms with E-state index in [-0.39, 0.29) is 22.7 Å². The minimum Gasteiger partial charge on any atom is -0.452 e. The largest absolute Gasteiger partial charge is 0.452 e. The number of fused-ring (bicyclic) bond motifs is 2. The Morgan fingerprint density at radius 3 is 2.41 bits per heavy atom. The van der Waals surface area contributed by atoms with Crippen LogP contribution < -0.4 is 0 Å². The van der Waals surface area contributed by atoms with Gasteiger partial charge in [-0.25, -0.2) is 4.79 Å². The summed E-state index contributed by atoms with van der Waals surface area (Å²) in [4.78, 5) is 11.9. The number of carbonyl (C=O) groups is 1. The van der Waals surface area contributed by atoms with Crippen LogP contribution in [-0.4, -0.2) is 26.0 Å². The lowest BCUT2D eigenvalue weighted by atomic mass is 9.80. The molecule has 0 aromatic heterocycles. The van der Waals surface area contributed by atoms with Gasteiger partial charge in [0.2, 0.25) is 0 Å². The van der Waals surface area contributed by atoms with Crippen molar-refractivity contribution in [2.75, 3.05) is 0 Å². The molecule has 22 heavy (non-hydrogen) atoms. The Balaban J connectivity index is 1.94. The Morgan fingerprint density at radius 2 is 2.00 bits per heavy atom. The zero-order chi connectivity index (χ0) is 16.3. The molecule has 3 rings (SSSR count). The highest BCUT2D eigenvalue weighted by Crippen LogP contribution is 2.57. The summed E-state index contributed by atoms with van der Waals surface area (Å²) < 4.78 is 12.7. The SMILES string of the molecule is CC1=C[C@@H]([C@]2(O[Si](C)(C)C(C)(C)C)C[C@H]3CC[C@@H]2C3)OC1=O. The van der Waals surface area contributed by atoms with E-state index >= 15 is 0 Å². The first-order chi connectivity index (χ1) is 10.1. The number of esters is 1. The zero-order valence-corrected chi connectivity index (χ0v) is 15.9. The standard InChI is InChI=1S/C18H30O3Si/c1-12-9-15(20-16(12)19)18(11-13-7-8-14(18)10-13)21-22(5,6)17(2,3)4/h9,13-15H,7-8,10-11H2,1-6H3/t13-,14+,15-,18-/m0/s1. The van der Waals surface area contributed by atoms with E-state index in [1.165, 1.54) is 19.3 Å². The fourth-order valence-corrected chi connectivity index (χ4v) is 5.88. The highest BCUT2D eigenvalue weighted by Gasteiger charge is 2.60. The van der Waals surface area contributed by atoms with Gasteiger partial charge in [-0.05, 0) is 68.7 Å². The zero-order valence-electron chi connectivity index (χ0n) is 14.9. The predicted molar refractivity (Wildman–Crippen MR) is 90.1 cm³/mol. The van der Waals surface area contributed by atoms with Crippen molar-refractivity contribution in [1.82, 2.24) is 0 Å². The van der Waals surface area contributed by atoms with Crippen molar-refractivity contribution in [3.63, 3.8) is 0 Å². The quantitative estimate of drug-likeness (QED) is 0.569. The molecular weight excluding hydrogens is 292 g/mol. The number of cyclic esters (lactones) is 1. The molecule has 124 valence electrons. The fraction of sp³-hybridized carbons (Fsp3) is 0.833. The molecule has 2 fully saturated rings. The number of ether oxygens (including phenoxy) is 1. The lowest BCUT2D eigenvalue weighted by Gasteiger charge is -2.49. The van der Waals surface area contributed by atoms with Crippen LogP contribution in [-0.2, 0) is 14.0 Å². The molecule has 0 unspecified atom stereocenters. The summed E-state index contributed by atoms with van der Waals surface area (Å²) in [5.41, 5.74) is 0.477. The van der Waals surface area contributed by atoms with E-state index in [4.69, 9.17) is 9.16 Å². The van der Waals surface area contributed by atoms with Gasteiger partial charge in [-0.2, -0.15) is 0 Å². The molecule has 3 aliphatic rings. The predicted octanol–water partition coefficient (Wildman–Crippen LogP) is 4.44. The minimum absolute atomic E-state index is 0.161. The van der Waals surface area contributed by atoms with Crippen molar-refractivity contribution in [2.45, 2.75) is 83.2 Å².